The van der Waals surface area contributed by atoms with E-state index in [2.05, 4.69) is 10.3 Å². The van der Waals surface area contributed by atoms with Gasteiger partial charge in [0.05, 0.1) is 11.9 Å². The molecule has 2 aromatic rings. The van der Waals surface area contributed by atoms with E-state index in [-0.39, 0.29) is 16.4 Å². The summed E-state index contributed by atoms with van der Waals surface area (Å²) in [7, 11) is 0. The largest absolute Gasteiger partial charge is 0.493 e. The van der Waals surface area contributed by atoms with Crippen LogP contribution in [-0.4, -0.2) is 28.0 Å². The molecule has 0 spiro atoms. The third-order valence-corrected chi connectivity index (χ3v) is 4.45. The fraction of sp³-hybridized carbons (Fsp3) is 0.235. The van der Waals surface area contributed by atoms with E-state index in [1.807, 2.05) is 42.5 Å². The number of carbonyl (C=O) groups is 2. The molecule has 1 N–H and O–H groups in total. The van der Waals surface area contributed by atoms with Crippen LogP contribution in [0.5, 0.6) is 5.75 Å². The first kappa shape index (κ1) is 15.6. The number of amides is 2. The predicted molar refractivity (Wildman–Crippen MR) is 88.5 cm³/mol. The lowest BCUT2D eigenvalue weighted by Gasteiger charge is -2.08. The Bertz CT molecular complexity index is 689. The molecule has 2 heterocycles. The van der Waals surface area contributed by atoms with Crippen molar-refractivity contribution in [3.8, 4) is 5.75 Å². The number of pyridine rings is 1. The Morgan fingerprint density at radius 2 is 1.96 bits per heavy atom. The average molecular weight is 328 g/mol. The maximum absolute atomic E-state index is 11.5. The summed E-state index contributed by atoms with van der Waals surface area (Å²) in [5.41, 5.74) is 2.00. The highest BCUT2D eigenvalue weighted by atomic mass is 32.2. The minimum absolute atomic E-state index is 0.212. The van der Waals surface area contributed by atoms with Crippen LogP contribution in [0.2, 0.25) is 0 Å². The molecule has 0 bridgehead atoms. The summed E-state index contributed by atoms with van der Waals surface area (Å²) in [4.78, 5) is 26.9. The maximum atomic E-state index is 11.5. The summed E-state index contributed by atoms with van der Waals surface area (Å²) in [5.74, 6) is 0.569. The molecule has 23 heavy (non-hydrogen) atoms. The van der Waals surface area contributed by atoms with Crippen LogP contribution in [-0.2, 0) is 17.6 Å². The van der Waals surface area contributed by atoms with Gasteiger partial charge in [-0.3, -0.25) is 19.9 Å². The molecule has 0 saturated carbocycles. The topological polar surface area (TPSA) is 68.3 Å². The van der Waals surface area contributed by atoms with Crippen LogP contribution in [0, 0.1) is 0 Å². The molecule has 1 fully saturated rings. The third-order valence-electron chi connectivity index (χ3n) is 3.46. The first-order valence-corrected chi connectivity index (χ1v) is 8.22. The van der Waals surface area contributed by atoms with Gasteiger partial charge in [0.2, 0.25) is 5.91 Å². The van der Waals surface area contributed by atoms with Gasteiger partial charge in [-0.25, -0.2) is 0 Å². The van der Waals surface area contributed by atoms with E-state index in [1.165, 1.54) is 0 Å². The molecule has 1 saturated heterocycles. The SMILES string of the molecule is O=C1NC(=O)[C@H](Cc2ccc(OCCc3ccccn3)cc2)S1. The molecule has 0 aliphatic carbocycles. The van der Waals surface area contributed by atoms with Crippen molar-refractivity contribution in [1.82, 2.24) is 10.3 Å². The average Bonchev–Trinajstić information content (AvgIpc) is 2.88. The molecule has 2 amide bonds. The zero-order valence-corrected chi connectivity index (χ0v) is 13.2. The van der Waals surface area contributed by atoms with E-state index in [4.69, 9.17) is 4.74 Å². The molecule has 1 aromatic carbocycles. The lowest BCUT2D eigenvalue weighted by molar-refractivity contribution is -0.118. The number of ether oxygens (including phenoxy) is 1. The first-order valence-electron chi connectivity index (χ1n) is 7.34. The van der Waals surface area contributed by atoms with Crippen molar-refractivity contribution >= 4 is 22.9 Å². The molecule has 1 aliphatic heterocycles. The zero-order chi connectivity index (χ0) is 16.1. The third kappa shape index (κ3) is 4.32. The quantitative estimate of drug-likeness (QED) is 0.883. The van der Waals surface area contributed by atoms with Gasteiger partial charge in [-0.15, -0.1) is 0 Å². The van der Waals surface area contributed by atoms with Gasteiger partial charge < -0.3 is 4.74 Å². The monoisotopic (exact) mass is 328 g/mol. The van der Waals surface area contributed by atoms with Crippen LogP contribution in [0.1, 0.15) is 11.3 Å². The van der Waals surface area contributed by atoms with Crippen molar-refractivity contribution in [2.75, 3.05) is 6.61 Å². The van der Waals surface area contributed by atoms with E-state index < -0.39 is 0 Å². The summed E-state index contributed by atoms with van der Waals surface area (Å²) in [5, 5.41) is 1.69. The Morgan fingerprint density at radius 3 is 2.61 bits per heavy atom. The van der Waals surface area contributed by atoms with Gasteiger partial charge in [0.15, 0.2) is 0 Å². The van der Waals surface area contributed by atoms with Gasteiger partial charge in [0, 0.05) is 18.3 Å². The van der Waals surface area contributed by atoms with Crippen LogP contribution < -0.4 is 10.1 Å². The van der Waals surface area contributed by atoms with Crippen LogP contribution in [0.25, 0.3) is 0 Å². The van der Waals surface area contributed by atoms with E-state index >= 15 is 0 Å². The summed E-state index contributed by atoms with van der Waals surface area (Å²) in [6.07, 6.45) is 3.06. The minimum atomic E-state index is -0.335. The number of benzene rings is 1. The van der Waals surface area contributed by atoms with Crippen molar-refractivity contribution in [3.05, 3.63) is 59.9 Å². The van der Waals surface area contributed by atoms with E-state index in [0.29, 0.717) is 13.0 Å². The highest BCUT2D eigenvalue weighted by Gasteiger charge is 2.31. The molecular formula is C17H16N2O3S. The molecule has 6 heteroatoms. The molecule has 1 aliphatic rings. The van der Waals surface area contributed by atoms with Crippen LogP contribution in [0.3, 0.4) is 0 Å². The number of rotatable bonds is 6. The Labute approximate surface area is 138 Å². The standard InChI is InChI=1S/C17H16N2O3S/c20-16-15(23-17(21)19-16)11-12-4-6-14(7-5-12)22-10-8-13-3-1-2-9-18-13/h1-7,9,15H,8,10-11H2,(H,19,20,21)/t15-/m0/s1. The number of nitrogens with one attached hydrogen (secondary N) is 1. The summed E-state index contributed by atoms with van der Waals surface area (Å²) in [6, 6.07) is 13.4. The number of aromatic nitrogens is 1. The van der Waals surface area contributed by atoms with Gasteiger partial charge in [0.1, 0.15) is 5.75 Å². The molecule has 1 atom stereocenters. The summed E-state index contributed by atoms with van der Waals surface area (Å²) in [6.45, 7) is 0.561. The van der Waals surface area contributed by atoms with Crippen molar-refractivity contribution in [1.29, 1.82) is 0 Å². The highest BCUT2D eigenvalue weighted by molar-refractivity contribution is 8.15. The second-order valence-electron chi connectivity index (χ2n) is 5.15. The number of hydrogen-bond acceptors (Lipinski definition) is 5. The molecular weight excluding hydrogens is 312 g/mol. The normalized spacial score (nSPS) is 17.1. The minimum Gasteiger partial charge on any atom is -0.493 e. The second-order valence-corrected chi connectivity index (χ2v) is 6.33. The van der Waals surface area contributed by atoms with Gasteiger partial charge >= 0.3 is 0 Å². The predicted octanol–water partition coefficient (Wildman–Crippen LogP) is 2.60. The smallest absolute Gasteiger partial charge is 0.286 e. The molecule has 0 radical (unpaired) electrons. The maximum Gasteiger partial charge on any atom is 0.286 e. The Kier molecular flexibility index (Phi) is 4.92. The molecule has 3 rings (SSSR count). The summed E-state index contributed by atoms with van der Waals surface area (Å²) >= 11 is 1.05. The van der Waals surface area contributed by atoms with E-state index in [9.17, 15) is 9.59 Å². The molecule has 118 valence electrons. The Hall–Kier alpha value is -2.34. The highest BCUT2D eigenvalue weighted by Crippen LogP contribution is 2.23. The molecule has 1 aromatic heterocycles. The number of carbonyl (C=O) groups excluding carboxylic acids is 2. The number of thioether (sulfide) groups is 1. The number of nitrogens with zero attached hydrogens (tertiary/aromatic N) is 1. The van der Waals surface area contributed by atoms with Gasteiger partial charge in [-0.1, -0.05) is 30.0 Å². The van der Waals surface area contributed by atoms with E-state index in [1.54, 1.807) is 6.20 Å². The van der Waals surface area contributed by atoms with Crippen molar-refractivity contribution in [2.45, 2.75) is 18.1 Å². The van der Waals surface area contributed by atoms with Crippen molar-refractivity contribution in [3.63, 3.8) is 0 Å². The Balaban J connectivity index is 1.49. The second kappa shape index (κ2) is 7.28. The number of imide groups is 1. The fourth-order valence-electron chi connectivity index (χ4n) is 2.28. The van der Waals surface area contributed by atoms with Crippen LogP contribution >= 0.6 is 11.8 Å². The van der Waals surface area contributed by atoms with Gasteiger partial charge in [-0.05, 0) is 36.2 Å². The van der Waals surface area contributed by atoms with Crippen molar-refractivity contribution in [2.24, 2.45) is 0 Å². The van der Waals surface area contributed by atoms with Crippen molar-refractivity contribution < 1.29 is 14.3 Å². The van der Waals surface area contributed by atoms with Gasteiger partial charge in [-0.2, -0.15) is 0 Å². The first-order chi connectivity index (χ1) is 11.2. The molecule has 0 unspecified atom stereocenters. The van der Waals surface area contributed by atoms with E-state index in [0.717, 1.165) is 35.2 Å². The summed E-state index contributed by atoms with van der Waals surface area (Å²) < 4.78 is 5.69. The zero-order valence-electron chi connectivity index (χ0n) is 12.4. The van der Waals surface area contributed by atoms with Gasteiger partial charge in [0.25, 0.3) is 5.24 Å². The lowest BCUT2D eigenvalue weighted by Crippen LogP contribution is -2.25. The number of hydrogen-bond donors (Lipinski definition) is 1. The fourth-order valence-corrected chi connectivity index (χ4v) is 3.14. The Morgan fingerprint density at radius 1 is 1.13 bits per heavy atom. The van der Waals surface area contributed by atoms with Crippen LogP contribution in [0.15, 0.2) is 48.7 Å². The lowest BCUT2D eigenvalue weighted by atomic mass is 10.1. The van der Waals surface area contributed by atoms with Crippen LogP contribution in [0.4, 0.5) is 4.79 Å². The molecule has 5 nitrogen and oxygen atoms in total.